The average Bonchev–Trinajstić information content (AvgIpc) is 2.15. The van der Waals surface area contributed by atoms with Gasteiger partial charge in [0.1, 0.15) is 6.26 Å². The fourth-order valence-corrected chi connectivity index (χ4v) is 0.823. The summed E-state index contributed by atoms with van der Waals surface area (Å²) >= 11 is -2.07. The first kappa shape index (κ1) is 10.3. The van der Waals surface area contributed by atoms with E-state index in [0.29, 0.717) is 5.69 Å². The van der Waals surface area contributed by atoms with Crippen molar-refractivity contribution in [3.63, 3.8) is 0 Å². The third kappa shape index (κ3) is 3.48. The Morgan fingerprint density at radius 3 is 2.90 bits per heavy atom. The molecule has 0 spiro atoms. The normalized spacial score (nSPS) is 12.1. The van der Waals surface area contributed by atoms with E-state index in [4.69, 9.17) is 0 Å². The summed E-state index contributed by atoms with van der Waals surface area (Å²) in [7, 11) is 0. The molecule has 1 unspecified atom stereocenters. The largest absolute Gasteiger partial charge is 1.00 e. The predicted octanol–water partition coefficient (Wildman–Crippen LogP) is -2.94. The van der Waals surface area contributed by atoms with Crippen LogP contribution >= 0.6 is 0 Å². The van der Waals surface area contributed by atoms with Crippen LogP contribution in [0.1, 0.15) is 5.69 Å². The van der Waals surface area contributed by atoms with E-state index in [0.717, 1.165) is 0 Å². The van der Waals surface area contributed by atoms with Gasteiger partial charge in [0.25, 0.3) is 0 Å². The maximum absolute atomic E-state index is 9.98. The van der Waals surface area contributed by atoms with E-state index in [1.54, 1.807) is 0 Å². The molecule has 1 aromatic heterocycles. The molecule has 0 saturated heterocycles. The molecule has 4 nitrogen and oxygen atoms in total. The maximum atomic E-state index is 9.98. The van der Waals surface area contributed by atoms with E-state index in [9.17, 15) is 8.76 Å². The first-order chi connectivity index (χ1) is 4.29. The second-order valence-corrected chi connectivity index (χ2v) is 2.34. The summed E-state index contributed by atoms with van der Waals surface area (Å²) in [5, 5.41) is 3.39. The second kappa shape index (κ2) is 5.03. The van der Waals surface area contributed by atoms with Crippen LogP contribution in [-0.2, 0) is 16.8 Å². The van der Waals surface area contributed by atoms with Gasteiger partial charge in [-0.05, 0) is 11.1 Å². The van der Waals surface area contributed by atoms with E-state index in [-0.39, 0.29) is 35.3 Å². The van der Waals surface area contributed by atoms with E-state index in [1.165, 1.54) is 12.3 Å². The van der Waals surface area contributed by atoms with Gasteiger partial charge < -0.3 is 9.08 Å². The van der Waals surface area contributed by atoms with E-state index < -0.39 is 11.1 Å². The molecule has 6 heteroatoms. The number of aromatic nitrogens is 1. The van der Waals surface area contributed by atoms with Gasteiger partial charge in [-0.15, -0.1) is 0 Å². The summed E-state index contributed by atoms with van der Waals surface area (Å²) in [4.78, 5) is 0. The standard InChI is InChI=1S/C4H5NO3S.Na/c6-9(7)3-4-1-2-8-5-4;/h1-2H,3H2,(H,6,7);/q;+1/p-1. The van der Waals surface area contributed by atoms with E-state index in [2.05, 4.69) is 9.68 Å². The van der Waals surface area contributed by atoms with Gasteiger partial charge in [-0.3, -0.25) is 4.21 Å². The Morgan fingerprint density at radius 1 is 1.80 bits per heavy atom. The Labute approximate surface area is 82.6 Å². The summed E-state index contributed by atoms with van der Waals surface area (Å²) in [6.45, 7) is 0. The first-order valence-corrected chi connectivity index (χ1v) is 3.48. The second-order valence-electron chi connectivity index (χ2n) is 1.44. The molecule has 1 rings (SSSR count). The van der Waals surface area contributed by atoms with Gasteiger partial charge in [-0.2, -0.15) is 0 Å². The predicted molar refractivity (Wildman–Crippen MR) is 29.1 cm³/mol. The zero-order chi connectivity index (χ0) is 6.69. The summed E-state index contributed by atoms with van der Waals surface area (Å²) in [6, 6.07) is 1.51. The van der Waals surface area contributed by atoms with Gasteiger partial charge in [0.15, 0.2) is 0 Å². The molecule has 1 heterocycles. The molecule has 1 aromatic rings. The SMILES string of the molecule is O=S([O-])Cc1ccon1.[Na+]. The number of hydrogen-bond acceptors (Lipinski definition) is 4. The van der Waals surface area contributed by atoms with Crippen molar-refractivity contribution in [3.05, 3.63) is 18.0 Å². The van der Waals surface area contributed by atoms with Crippen molar-refractivity contribution < 1.29 is 42.8 Å². The van der Waals surface area contributed by atoms with E-state index in [1.807, 2.05) is 0 Å². The van der Waals surface area contributed by atoms with Crippen molar-refractivity contribution >= 4 is 11.1 Å². The molecule has 0 aliphatic rings. The van der Waals surface area contributed by atoms with Crippen molar-refractivity contribution in [1.82, 2.24) is 5.16 Å². The fraction of sp³-hybridized carbons (Fsp3) is 0.250. The summed E-state index contributed by atoms with van der Waals surface area (Å²) in [5.74, 6) is -0.0729. The average molecular weight is 169 g/mol. The molecule has 0 aliphatic carbocycles. The fourth-order valence-electron chi connectivity index (χ4n) is 0.433. The van der Waals surface area contributed by atoms with Crippen molar-refractivity contribution in [3.8, 4) is 0 Å². The maximum Gasteiger partial charge on any atom is 1.00 e. The molecule has 0 fully saturated rings. The summed E-state index contributed by atoms with van der Waals surface area (Å²) in [6.07, 6.45) is 1.34. The van der Waals surface area contributed by atoms with Gasteiger partial charge >= 0.3 is 29.6 Å². The number of rotatable bonds is 2. The van der Waals surface area contributed by atoms with Crippen LogP contribution in [0.3, 0.4) is 0 Å². The van der Waals surface area contributed by atoms with Crippen molar-refractivity contribution in [2.75, 3.05) is 0 Å². The van der Waals surface area contributed by atoms with Crippen LogP contribution < -0.4 is 29.6 Å². The van der Waals surface area contributed by atoms with Crippen molar-refractivity contribution in [2.45, 2.75) is 5.75 Å². The summed E-state index contributed by atoms with van der Waals surface area (Å²) < 4.78 is 24.4. The molecule has 1 atom stereocenters. The molecular weight excluding hydrogens is 165 g/mol. The Bertz CT molecular complexity index is 200. The zero-order valence-electron chi connectivity index (χ0n) is 5.44. The van der Waals surface area contributed by atoms with Crippen LogP contribution in [0, 0.1) is 0 Å². The van der Waals surface area contributed by atoms with Crippen LogP contribution in [0.15, 0.2) is 16.9 Å². The van der Waals surface area contributed by atoms with Crippen LogP contribution in [0.25, 0.3) is 0 Å². The molecule has 0 saturated carbocycles. The number of nitrogens with zero attached hydrogens (tertiary/aromatic N) is 1. The van der Waals surface area contributed by atoms with E-state index >= 15 is 0 Å². The van der Waals surface area contributed by atoms with Gasteiger partial charge in [0.05, 0.1) is 11.4 Å². The molecule has 0 radical (unpaired) electrons. The number of hydrogen-bond donors (Lipinski definition) is 0. The third-order valence-corrected chi connectivity index (χ3v) is 1.29. The smallest absolute Gasteiger partial charge is 0.772 e. The first-order valence-electron chi connectivity index (χ1n) is 2.24. The minimum atomic E-state index is -2.07. The molecule has 0 aromatic carbocycles. The van der Waals surface area contributed by atoms with Gasteiger partial charge in [0.2, 0.25) is 0 Å². The van der Waals surface area contributed by atoms with Gasteiger partial charge in [-0.25, -0.2) is 0 Å². The molecule has 0 N–H and O–H groups in total. The summed E-state index contributed by atoms with van der Waals surface area (Å²) in [5.41, 5.74) is 0.434. The van der Waals surface area contributed by atoms with Gasteiger partial charge in [-0.1, -0.05) is 5.16 Å². The van der Waals surface area contributed by atoms with Gasteiger partial charge in [0, 0.05) is 6.07 Å². The molecule has 50 valence electrons. The van der Waals surface area contributed by atoms with Crippen LogP contribution in [0.5, 0.6) is 0 Å². The molecule has 0 amide bonds. The monoisotopic (exact) mass is 169 g/mol. The Kier molecular flexibility index (Phi) is 5.20. The quantitative estimate of drug-likeness (QED) is 0.351. The molecule has 0 aliphatic heterocycles. The van der Waals surface area contributed by atoms with Crippen LogP contribution in [-0.4, -0.2) is 13.9 Å². The third-order valence-electron chi connectivity index (χ3n) is 0.757. The molecule has 0 bridgehead atoms. The Hall–Kier alpha value is 0.320. The minimum absolute atomic E-state index is 0. The molecule has 10 heavy (non-hydrogen) atoms. The van der Waals surface area contributed by atoms with Crippen LogP contribution in [0.2, 0.25) is 0 Å². The molecular formula is C4H4NNaO3S. The Balaban J connectivity index is 0.000000810. The van der Waals surface area contributed by atoms with Crippen molar-refractivity contribution in [1.29, 1.82) is 0 Å². The zero-order valence-corrected chi connectivity index (χ0v) is 8.26. The van der Waals surface area contributed by atoms with Crippen molar-refractivity contribution in [2.24, 2.45) is 0 Å². The minimum Gasteiger partial charge on any atom is -0.772 e. The topological polar surface area (TPSA) is 66.2 Å². The Morgan fingerprint density at radius 2 is 2.50 bits per heavy atom. The van der Waals surface area contributed by atoms with Crippen LogP contribution in [0.4, 0.5) is 0 Å².